The molecule has 4 heterocycles. The van der Waals surface area contributed by atoms with Crippen LogP contribution in [0.4, 0.5) is 10.5 Å². The number of carbonyl (C=O) groups is 12. The third-order valence-corrected chi connectivity index (χ3v) is 28.3. The summed E-state index contributed by atoms with van der Waals surface area (Å²) in [6, 6.07) is 17.5. The van der Waals surface area contributed by atoms with E-state index in [0.717, 1.165) is 43.9 Å². The molecule has 3 saturated heterocycles. The molecule has 32 nitrogen and oxygen atoms in total. The number of methoxy groups -OCH3 is 2. The summed E-state index contributed by atoms with van der Waals surface area (Å²) in [5, 5.41) is 65.7. The van der Waals surface area contributed by atoms with Gasteiger partial charge in [-0.1, -0.05) is 177 Å². The van der Waals surface area contributed by atoms with Crippen LogP contribution < -0.4 is 57.9 Å². The number of hydrogen-bond acceptors (Lipinski definition) is 26. The van der Waals surface area contributed by atoms with Crippen molar-refractivity contribution in [2.45, 2.75) is 221 Å². The van der Waals surface area contributed by atoms with Crippen molar-refractivity contribution >= 4 is 137 Å². The Balaban J connectivity index is 0.901. The maximum atomic E-state index is 15.4. The Morgan fingerprint density at radius 3 is 2.16 bits per heavy atom. The van der Waals surface area contributed by atoms with Crippen LogP contribution in [0.25, 0.3) is 5.57 Å². The largest absolute Gasteiger partial charge is 0.495 e. The molecule has 4 aromatic rings. The minimum Gasteiger partial charge on any atom is -0.495 e. The molecule has 4 aromatic carbocycles. The van der Waals surface area contributed by atoms with Crippen molar-refractivity contribution in [2.24, 2.45) is 17.6 Å². The first-order valence-electron chi connectivity index (χ1n) is 42.1. The fraction of sp³-hybridized carbons (Fsp3) is 0.528. The molecule has 0 unspecified atom stereocenters. The van der Waals surface area contributed by atoms with Gasteiger partial charge in [0.15, 0.2) is 11.5 Å². The zero-order chi connectivity index (χ0) is 91.7. The van der Waals surface area contributed by atoms with E-state index < -0.39 is 199 Å². The van der Waals surface area contributed by atoms with Crippen molar-refractivity contribution < 1.29 is 102 Å². The number of esters is 1. The fourth-order valence-electron chi connectivity index (χ4n) is 15.4. The topological polar surface area (TPSA) is 464 Å². The average Bonchev–Trinajstić information content (AvgIpc) is 1.57. The van der Waals surface area contributed by atoms with Crippen LogP contribution in [0.15, 0.2) is 127 Å². The molecule has 10 amide bonds. The standard InChI is InChI=1S/C89H118ClN11O21S4/c1-50-22-21-30-72(119-10)89(117)46-71(120-87(116)99-89)51(2)79-88(6,122-79)73(45-76(108)101(8)68-41-57(38-50)42-70(118-9)77(68)90)121-86(115)52(3)100(7)75(107)34-37-124-123-36-33-74(106)92-63(40-56-25-15-12-16-26-56)82(111)96-66-48-125-126-49-67(84(113)95-65(47-102)53(4)103)97-85(114)78(54(5)104)98-81(110)62(29-19-20-35-91)93-83(112)64(43-59-32-31-58-27-17-18-28-61(58)59)94-80(109)60(44-69(66)105)39-55-23-13-11-14-24-55/h11-18,21-28,30,32,41-42,51-54,60,62-67,71-73,78-79,102-104,117H,19-20,29,31,33-40,43-49,91H2,1-10H3,(H,92,106)(H,93,112)(H,94,109)(H,95,113)(H,96,111)(H,97,114)(H,98,110)(H,99,116)/b30-21+,50-22+/t51-,52+,53-,54-,60-,62+,63-,64-,65-,66+,67+,71+,72-,73+,78+,79+,88+,89+/m1/s1. The van der Waals surface area contributed by atoms with Crippen LogP contribution in [0.5, 0.6) is 5.75 Å². The molecule has 0 radical (unpaired) electrons. The van der Waals surface area contributed by atoms with Gasteiger partial charge in [-0.05, 0) is 125 Å². The van der Waals surface area contributed by atoms with E-state index in [1.54, 1.807) is 98.8 Å². The number of nitrogens with two attached hydrogens (primary N) is 1. The summed E-state index contributed by atoms with van der Waals surface area (Å²) in [6.07, 6.45) is -0.655. The summed E-state index contributed by atoms with van der Waals surface area (Å²) in [6.45, 7) is 8.86. The van der Waals surface area contributed by atoms with Crippen LogP contribution in [0.3, 0.4) is 0 Å². The Hall–Kier alpha value is -9.05. The van der Waals surface area contributed by atoms with E-state index in [1.807, 2.05) is 43.3 Å². The van der Waals surface area contributed by atoms with Gasteiger partial charge in [0.05, 0.1) is 56.2 Å². The number of nitrogens with zero attached hydrogens (tertiary/aromatic N) is 2. The number of ether oxygens (including phenoxy) is 5. The Kier molecular flexibility index (Phi) is 38.2. The summed E-state index contributed by atoms with van der Waals surface area (Å²) in [5.74, 6) is -9.87. The monoisotopic (exact) mass is 1840 g/mol. The number of allylic oxidation sites excluding steroid dienone is 4. The van der Waals surface area contributed by atoms with Gasteiger partial charge in [-0.15, -0.1) is 0 Å². The Morgan fingerprint density at radius 2 is 1.48 bits per heavy atom. The predicted molar refractivity (Wildman–Crippen MR) is 483 cm³/mol. The van der Waals surface area contributed by atoms with Crippen molar-refractivity contribution in [3.63, 3.8) is 0 Å². The maximum absolute atomic E-state index is 15.4. The van der Waals surface area contributed by atoms with Gasteiger partial charge < -0.3 is 96.9 Å². The van der Waals surface area contributed by atoms with Crippen LogP contribution >= 0.6 is 54.8 Å². The molecule has 18 atom stereocenters. The molecule has 686 valence electrons. The number of likely N-dealkylation sites (N-methyl/N-ethyl adjacent to an activating group) is 1. The molecular weight excluding hydrogens is 1720 g/mol. The molecule has 4 aliphatic heterocycles. The molecule has 5 aliphatic rings. The number of hydrogen-bond donors (Lipinski definition) is 13. The van der Waals surface area contributed by atoms with Gasteiger partial charge in [0.2, 0.25) is 53.2 Å². The summed E-state index contributed by atoms with van der Waals surface area (Å²) in [7, 11) is 10.3. The highest BCUT2D eigenvalue weighted by molar-refractivity contribution is 8.77. The Bertz CT molecular complexity index is 4590. The first-order valence-corrected chi connectivity index (χ1v) is 47.4. The van der Waals surface area contributed by atoms with Crippen LogP contribution in [-0.4, -0.2) is 257 Å². The van der Waals surface area contributed by atoms with E-state index in [9.17, 15) is 58.8 Å². The Labute approximate surface area is 755 Å². The SMILES string of the molecule is COc1cc2cc(c1Cl)N(C)C(=O)C[C@H](OC(=O)[C@H](C)N(C)C(=O)CCSSCCC(=O)N[C@H](Cc1ccccc1)C(=O)N[C@H]1CSSC[C@@H](C(=O)N[C@H](CO)[C@@H](C)O)NC(=O)[C@H]([C@@H](C)O)NC(=O)[C@H](CCCCN)NC(=O)[C@@H](CC3=CCc4ccccc43)NC(=O)[C@H](Cc3ccccc3)CC1=O)[C@]1(C)O[C@H]1[C@H](C)[C@@H]1C[C@@](O)(NC(=O)O1)[C@H](OC)/C=C/C=C(\C)C2. The van der Waals surface area contributed by atoms with Crippen molar-refractivity contribution in [2.75, 3.05) is 69.4 Å². The molecule has 0 aromatic heterocycles. The molecule has 3 fully saturated rings. The van der Waals surface area contributed by atoms with Crippen molar-refractivity contribution in [1.29, 1.82) is 0 Å². The molecule has 1 aliphatic carbocycles. The number of halogens is 1. The summed E-state index contributed by atoms with van der Waals surface area (Å²) < 4.78 is 29.8. The Morgan fingerprint density at radius 1 is 0.817 bits per heavy atom. The molecule has 37 heteroatoms. The normalized spacial score (nSPS) is 26.7. The highest BCUT2D eigenvalue weighted by atomic mass is 35.5. The number of aliphatic hydroxyl groups excluding tert-OH is 3. The quantitative estimate of drug-likeness (QED) is 0.0134. The molecule has 0 saturated carbocycles. The lowest BCUT2D eigenvalue weighted by Crippen LogP contribution is -2.63. The summed E-state index contributed by atoms with van der Waals surface area (Å²) in [5.41, 5.74) is 8.28. The number of unbranched alkanes of at least 4 members (excludes halogenated alkanes) is 1. The van der Waals surface area contributed by atoms with Gasteiger partial charge >= 0.3 is 12.1 Å². The van der Waals surface area contributed by atoms with Crippen LogP contribution in [-0.2, 0) is 97.4 Å². The van der Waals surface area contributed by atoms with Gasteiger partial charge in [0.1, 0.15) is 70.9 Å². The number of fused-ring (bicyclic) bond motifs is 6. The van der Waals surface area contributed by atoms with Gasteiger partial charge in [-0.25, -0.2) is 9.59 Å². The number of rotatable bonds is 30. The van der Waals surface area contributed by atoms with Gasteiger partial charge in [0, 0.05) is 94.6 Å². The average molecular weight is 1840 g/mol. The van der Waals surface area contributed by atoms with Gasteiger partial charge in [-0.2, -0.15) is 0 Å². The number of aliphatic hydroxyl groups is 4. The summed E-state index contributed by atoms with van der Waals surface area (Å²) >= 11 is 6.90. The lowest BCUT2D eigenvalue weighted by atomic mass is 9.83. The van der Waals surface area contributed by atoms with E-state index in [0.29, 0.717) is 53.8 Å². The third kappa shape index (κ3) is 28.0. The number of benzene rings is 4. The second kappa shape index (κ2) is 47.8. The molecule has 14 N–H and O–H groups in total. The zero-order valence-electron chi connectivity index (χ0n) is 72.4. The lowest BCUT2D eigenvalue weighted by molar-refractivity contribution is -0.162. The van der Waals surface area contributed by atoms with Gasteiger partial charge in [0.25, 0.3) is 0 Å². The van der Waals surface area contributed by atoms with Crippen molar-refractivity contribution in [1.82, 2.24) is 47.4 Å². The minimum absolute atomic E-state index is 0.00765. The number of alkyl carbamates (subject to hydrolysis) is 1. The highest BCUT2D eigenvalue weighted by Gasteiger charge is 2.65. The van der Waals surface area contributed by atoms with E-state index in [1.165, 1.54) is 80.5 Å². The predicted octanol–water partition coefficient (Wildman–Crippen LogP) is 5.44. The van der Waals surface area contributed by atoms with Crippen LogP contribution in [0, 0.1) is 11.8 Å². The second-order valence-electron chi connectivity index (χ2n) is 32.6. The zero-order valence-corrected chi connectivity index (χ0v) is 76.5. The first-order chi connectivity index (χ1) is 60.1. The highest BCUT2D eigenvalue weighted by Crippen LogP contribution is 2.50. The summed E-state index contributed by atoms with van der Waals surface area (Å²) in [4.78, 5) is 177. The molecule has 126 heavy (non-hydrogen) atoms. The minimum atomic E-state index is -1.94. The van der Waals surface area contributed by atoms with E-state index in [4.69, 9.17) is 41.0 Å². The molecule has 9 rings (SSSR count). The van der Waals surface area contributed by atoms with Crippen LogP contribution in [0.1, 0.15) is 127 Å². The fourth-order valence-corrected chi connectivity index (χ4v) is 20.0. The number of nitrogens with one attached hydrogen (secondary N) is 8. The van der Waals surface area contributed by atoms with E-state index >= 15 is 19.2 Å². The maximum Gasteiger partial charge on any atom is 0.409 e. The second-order valence-corrected chi connectivity index (χ2v) is 38.2. The number of amides is 10. The van der Waals surface area contributed by atoms with Crippen molar-refractivity contribution in [3.05, 3.63) is 160 Å². The molecule has 4 bridgehead atoms. The number of epoxide rings is 1. The van der Waals surface area contributed by atoms with E-state index in [-0.39, 0.29) is 79.5 Å². The lowest BCUT2D eigenvalue weighted by Gasteiger charge is -2.42. The number of ketones is 1. The van der Waals surface area contributed by atoms with Crippen molar-refractivity contribution in [3.8, 4) is 5.75 Å². The number of Topliss-reactive ketones (excluding diaryl/α,β-unsaturated/α-hetero) is 1. The molecule has 0 spiro atoms. The number of carbonyl (C=O) groups excluding carboxylic acids is 12. The number of anilines is 1. The smallest absolute Gasteiger partial charge is 0.409 e. The third-order valence-electron chi connectivity index (χ3n) is 23.1. The van der Waals surface area contributed by atoms with Gasteiger partial charge in [-0.3, -0.25) is 53.3 Å². The molecular formula is C89H118ClN11O21S4. The first kappa shape index (κ1) is 101. The van der Waals surface area contributed by atoms with Crippen LogP contribution in [0.2, 0.25) is 5.02 Å². The van der Waals surface area contributed by atoms with E-state index in [2.05, 4.69) is 42.5 Å².